The zero-order valence-corrected chi connectivity index (χ0v) is 18.3. The van der Waals surface area contributed by atoms with Gasteiger partial charge in [0.1, 0.15) is 23.4 Å². The number of carbonyl (C=O) groups excluding carboxylic acids is 3. The van der Waals surface area contributed by atoms with Crippen LogP contribution in [0.1, 0.15) is 18.1 Å². The molecule has 3 amide bonds. The van der Waals surface area contributed by atoms with Crippen LogP contribution in [0.25, 0.3) is 11.0 Å². The molecule has 3 aromatic rings. The SMILES string of the molecule is COc1ccc2c(C[C@@H](NC(=O)[C@H](Cc3ccccc3)NC(C)=O)C(N)=O)cc(=O)oc2c1. The van der Waals surface area contributed by atoms with Crippen LogP contribution in [-0.4, -0.2) is 36.9 Å². The average molecular weight is 451 g/mol. The molecular weight excluding hydrogens is 426 g/mol. The number of methoxy groups -OCH3 is 1. The third kappa shape index (κ3) is 6.19. The second kappa shape index (κ2) is 10.4. The summed E-state index contributed by atoms with van der Waals surface area (Å²) < 4.78 is 10.4. The maximum Gasteiger partial charge on any atom is 0.336 e. The summed E-state index contributed by atoms with van der Waals surface area (Å²) in [4.78, 5) is 48.8. The molecule has 4 N–H and O–H groups in total. The molecule has 0 radical (unpaired) electrons. The van der Waals surface area contributed by atoms with Crippen molar-refractivity contribution in [2.75, 3.05) is 7.11 Å². The van der Waals surface area contributed by atoms with Crippen LogP contribution in [0.4, 0.5) is 0 Å². The lowest BCUT2D eigenvalue weighted by Gasteiger charge is -2.22. The van der Waals surface area contributed by atoms with Gasteiger partial charge in [0.25, 0.3) is 0 Å². The number of benzene rings is 2. The highest BCUT2D eigenvalue weighted by atomic mass is 16.5. The Morgan fingerprint density at radius 1 is 1.00 bits per heavy atom. The highest BCUT2D eigenvalue weighted by Crippen LogP contribution is 2.23. The van der Waals surface area contributed by atoms with Gasteiger partial charge in [-0.15, -0.1) is 0 Å². The molecular formula is C24H25N3O6. The maximum atomic E-state index is 13.0. The molecule has 2 atom stereocenters. The summed E-state index contributed by atoms with van der Waals surface area (Å²) in [5, 5.41) is 5.80. The van der Waals surface area contributed by atoms with Crippen LogP contribution in [0.3, 0.4) is 0 Å². The number of amides is 3. The van der Waals surface area contributed by atoms with Gasteiger partial charge in [0, 0.05) is 37.3 Å². The summed E-state index contributed by atoms with van der Waals surface area (Å²) in [7, 11) is 1.49. The Kier molecular flexibility index (Phi) is 7.45. The second-order valence-corrected chi connectivity index (χ2v) is 7.56. The van der Waals surface area contributed by atoms with Crippen LogP contribution in [0.5, 0.6) is 5.75 Å². The van der Waals surface area contributed by atoms with E-state index in [1.165, 1.54) is 20.1 Å². The van der Waals surface area contributed by atoms with Crippen LogP contribution >= 0.6 is 0 Å². The third-order valence-corrected chi connectivity index (χ3v) is 5.10. The van der Waals surface area contributed by atoms with Gasteiger partial charge in [0.2, 0.25) is 17.7 Å². The first-order valence-electron chi connectivity index (χ1n) is 10.3. The summed E-state index contributed by atoms with van der Waals surface area (Å²) in [5.74, 6) is -1.23. The Labute approximate surface area is 189 Å². The van der Waals surface area contributed by atoms with E-state index >= 15 is 0 Å². The van der Waals surface area contributed by atoms with Crippen molar-refractivity contribution in [2.24, 2.45) is 5.73 Å². The molecule has 1 heterocycles. The molecule has 0 aliphatic rings. The second-order valence-electron chi connectivity index (χ2n) is 7.56. The van der Waals surface area contributed by atoms with Gasteiger partial charge in [-0.25, -0.2) is 4.79 Å². The summed E-state index contributed by atoms with van der Waals surface area (Å²) in [6.45, 7) is 1.31. The molecule has 33 heavy (non-hydrogen) atoms. The van der Waals surface area contributed by atoms with E-state index in [-0.39, 0.29) is 24.3 Å². The zero-order valence-electron chi connectivity index (χ0n) is 18.3. The smallest absolute Gasteiger partial charge is 0.336 e. The molecule has 0 aliphatic carbocycles. The van der Waals surface area contributed by atoms with E-state index in [0.29, 0.717) is 16.7 Å². The summed E-state index contributed by atoms with van der Waals surface area (Å²) in [6.07, 6.45) is 0.197. The first-order chi connectivity index (χ1) is 15.8. The lowest BCUT2D eigenvalue weighted by atomic mass is 10.0. The van der Waals surface area contributed by atoms with Gasteiger partial charge in [0.05, 0.1) is 7.11 Å². The Balaban J connectivity index is 1.85. The maximum absolute atomic E-state index is 13.0. The molecule has 0 spiro atoms. The fraction of sp³-hybridized carbons (Fsp3) is 0.250. The molecule has 0 saturated heterocycles. The molecule has 172 valence electrons. The van der Waals surface area contributed by atoms with Crippen molar-refractivity contribution in [3.63, 3.8) is 0 Å². The Morgan fingerprint density at radius 2 is 1.73 bits per heavy atom. The average Bonchev–Trinajstić information content (AvgIpc) is 2.77. The molecule has 9 heteroatoms. The van der Waals surface area contributed by atoms with Crippen LogP contribution in [0, 0.1) is 0 Å². The van der Waals surface area contributed by atoms with Crippen LogP contribution < -0.4 is 26.7 Å². The van der Waals surface area contributed by atoms with E-state index < -0.39 is 29.5 Å². The van der Waals surface area contributed by atoms with E-state index in [0.717, 1.165) is 5.56 Å². The highest BCUT2D eigenvalue weighted by Gasteiger charge is 2.26. The van der Waals surface area contributed by atoms with Gasteiger partial charge in [-0.3, -0.25) is 14.4 Å². The minimum absolute atomic E-state index is 0.0341. The Morgan fingerprint density at radius 3 is 2.36 bits per heavy atom. The predicted octanol–water partition coefficient (Wildman–Crippen LogP) is 1.06. The van der Waals surface area contributed by atoms with Gasteiger partial charge in [0.15, 0.2) is 0 Å². The molecule has 0 bridgehead atoms. The summed E-state index contributed by atoms with van der Waals surface area (Å²) in [5.41, 5.74) is 6.54. The minimum Gasteiger partial charge on any atom is -0.497 e. The summed E-state index contributed by atoms with van der Waals surface area (Å²) in [6, 6.07) is 13.3. The topological polar surface area (TPSA) is 141 Å². The Hall–Kier alpha value is -4.14. The zero-order chi connectivity index (χ0) is 24.0. The molecule has 3 rings (SSSR count). The van der Waals surface area contributed by atoms with Gasteiger partial charge in [-0.1, -0.05) is 30.3 Å². The van der Waals surface area contributed by atoms with E-state index in [1.54, 1.807) is 18.2 Å². The summed E-state index contributed by atoms with van der Waals surface area (Å²) >= 11 is 0. The monoisotopic (exact) mass is 451 g/mol. The first kappa shape index (κ1) is 23.5. The van der Waals surface area contributed by atoms with Crippen molar-refractivity contribution in [1.29, 1.82) is 0 Å². The normalized spacial score (nSPS) is 12.5. The van der Waals surface area contributed by atoms with Gasteiger partial charge in [-0.2, -0.15) is 0 Å². The van der Waals surface area contributed by atoms with E-state index in [4.69, 9.17) is 14.9 Å². The molecule has 1 aromatic heterocycles. The standard InChI is InChI=1S/C24H25N3O6/c1-14(28)26-20(10-15-6-4-3-5-7-15)24(31)27-19(23(25)30)11-16-12-22(29)33-21-13-17(32-2)8-9-18(16)21/h3-9,12-13,19-20H,10-11H2,1-2H3,(H2,25,30)(H,26,28)(H,27,31)/t19-,20+/m1/s1. The molecule has 0 unspecified atom stereocenters. The number of nitrogens with two attached hydrogens (primary N) is 1. The fourth-order valence-electron chi connectivity index (χ4n) is 3.53. The number of nitrogens with one attached hydrogen (secondary N) is 2. The third-order valence-electron chi connectivity index (χ3n) is 5.10. The quantitative estimate of drug-likeness (QED) is 0.416. The number of fused-ring (bicyclic) bond motifs is 1. The lowest BCUT2D eigenvalue weighted by Crippen LogP contribution is -2.54. The largest absolute Gasteiger partial charge is 0.497 e. The van der Waals surface area contributed by atoms with Crippen molar-refractivity contribution in [1.82, 2.24) is 10.6 Å². The van der Waals surface area contributed by atoms with E-state index in [9.17, 15) is 19.2 Å². The van der Waals surface area contributed by atoms with Gasteiger partial charge in [-0.05, 0) is 23.3 Å². The molecule has 0 saturated carbocycles. The number of ether oxygens (including phenoxy) is 1. The molecule has 2 aromatic carbocycles. The fourth-order valence-corrected chi connectivity index (χ4v) is 3.53. The van der Waals surface area contributed by atoms with Crippen molar-refractivity contribution in [2.45, 2.75) is 31.8 Å². The van der Waals surface area contributed by atoms with Crippen molar-refractivity contribution in [3.05, 3.63) is 76.1 Å². The highest BCUT2D eigenvalue weighted by molar-refractivity contribution is 5.92. The van der Waals surface area contributed by atoms with Gasteiger partial charge >= 0.3 is 5.63 Å². The predicted molar refractivity (Wildman–Crippen MR) is 122 cm³/mol. The van der Waals surface area contributed by atoms with Crippen molar-refractivity contribution in [3.8, 4) is 5.75 Å². The van der Waals surface area contributed by atoms with Gasteiger partial charge < -0.3 is 25.5 Å². The van der Waals surface area contributed by atoms with E-state index in [2.05, 4.69) is 10.6 Å². The number of primary amides is 1. The first-order valence-corrected chi connectivity index (χ1v) is 10.3. The van der Waals surface area contributed by atoms with Crippen LogP contribution in [-0.2, 0) is 27.2 Å². The molecule has 0 fully saturated rings. The van der Waals surface area contributed by atoms with Crippen molar-refractivity contribution >= 4 is 28.7 Å². The number of carbonyl (C=O) groups is 3. The van der Waals surface area contributed by atoms with Crippen molar-refractivity contribution < 1.29 is 23.5 Å². The Bertz CT molecular complexity index is 1220. The number of rotatable bonds is 9. The molecule has 9 nitrogen and oxygen atoms in total. The lowest BCUT2D eigenvalue weighted by molar-refractivity contribution is -0.130. The van der Waals surface area contributed by atoms with E-state index in [1.807, 2.05) is 30.3 Å². The minimum atomic E-state index is -1.11. The van der Waals surface area contributed by atoms with Crippen LogP contribution in [0.2, 0.25) is 0 Å². The number of hydrogen-bond donors (Lipinski definition) is 3. The molecule has 0 aliphatic heterocycles. The number of hydrogen-bond acceptors (Lipinski definition) is 6. The van der Waals surface area contributed by atoms with Crippen LogP contribution in [0.15, 0.2) is 63.8 Å².